The highest BCUT2D eigenvalue weighted by atomic mass is 19.1. The molecule has 0 bridgehead atoms. The largest absolute Gasteiger partial charge is 0.312 e. The van der Waals surface area contributed by atoms with Crippen LogP contribution in [0.5, 0.6) is 0 Å². The Bertz CT molecular complexity index is 369. The third kappa shape index (κ3) is 4.12. The van der Waals surface area contributed by atoms with Gasteiger partial charge in [-0.25, -0.2) is 4.39 Å². The van der Waals surface area contributed by atoms with Crippen LogP contribution in [0.4, 0.5) is 4.39 Å². The number of rotatable bonds is 5. The fourth-order valence-electron chi connectivity index (χ4n) is 1.55. The highest BCUT2D eigenvalue weighted by molar-refractivity contribution is 5.26. The zero-order valence-electron chi connectivity index (χ0n) is 11.6. The first-order chi connectivity index (χ1) is 7.83. The highest BCUT2D eigenvalue weighted by Crippen LogP contribution is 2.24. The maximum Gasteiger partial charge on any atom is 0.123 e. The van der Waals surface area contributed by atoms with Crippen LogP contribution >= 0.6 is 0 Å². The van der Waals surface area contributed by atoms with E-state index < -0.39 is 0 Å². The summed E-state index contributed by atoms with van der Waals surface area (Å²) in [6.07, 6.45) is 0. The predicted molar refractivity (Wildman–Crippen MR) is 71.5 cm³/mol. The molecule has 1 N–H and O–H groups in total. The van der Waals surface area contributed by atoms with Crippen LogP contribution in [0.3, 0.4) is 0 Å². The minimum atomic E-state index is -0.157. The van der Waals surface area contributed by atoms with Gasteiger partial charge in [-0.05, 0) is 41.5 Å². The maximum atomic E-state index is 13.1. The van der Waals surface area contributed by atoms with Crippen LogP contribution < -0.4 is 5.32 Å². The monoisotopic (exact) mass is 237 g/mol. The lowest BCUT2D eigenvalue weighted by atomic mass is 9.81. The molecule has 1 rings (SSSR count). The minimum absolute atomic E-state index is 0.157. The summed E-state index contributed by atoms with van der Waals surface area (Å²) in [5, 5.41) is 3.42. The van der Waals surface area contributed by atoms with Crippen molar-refractivity contribution in [2.24, 2.45) is 11.3 Å². The Labute approximate surface area is 104 Å². The van der Waals surface area contributed by atoms with Crippen molar-refractivity contribution < 1.29 is 4.39 Å². The lowest BCUT2D eigenvalue weighted by molar-refractivity contribution is 0.238. The molecule has 0 unspecified atom stereocenters. The van der Waals surface area contributed by atoms with Crippen LogP contribution in [-0.4, -0.2) is 6.54 Å². The van der Waals surface area contributed by atoms with Crippen molar-refractivity contribution in [2.45, 2.75) is 41.2 Å². The van der Waals surface area contributed by atoms with Gasteiger partial charge >= 0.3 is 0 Å². The second-order valence-electron chi connectivity index (χ2n) is 5.82. The lowest BCUT2D eigenvalue weighted by Gasteiger charge is -2.29. The van der Waals surface area contributed by atoms with E-state index in [-0.39, 0.29) is 11.2 Å². The minimum Gasteiger partial charge on any atom is -0.312 e. The first-order valence-electron chi connectivity index (χ1n) is 6.28. The number of aryl methyl sites for hydroxylation is 1. The van der Waals surface area contributed by atoms with Crippen LogP contribution in [0.15, 0.2) is 18.2 Å². The number of hydrogen-bond acceptors (Lipinski definition) is 1. The highest BCUT2D eigenvalue weighted by Gasteiger charge is 2.21. The zero-order valence-corrected chi connectivity index (χ0v) is 11.6. The van der Waals surface area contributed by atoms with Crippen molar-refractivity contribution in [3.05, 3.63) is 35.1 Å². The molecule has 1 aromatic carbocycles. The van der Waals surface area contributed by atoms with E-state index in [9.17, 15) is 4.39 Å². The van der Waals surface area contributed by atoms with Crippen LogP contribution in [0, 0.1) is 24.1 Å². The summed E-state index contributed by atoms with van der Waals surface area (Å²) in [7, 11) is 0. The molecule has 96 valence electrons. The van der Waals surface area contributed by atoms with E-state index in [2.05, 4.69) is 33.0 Å². The van der Waals surface area contributed by atoms with E-state index in [1.807, 2.05) is 13.0 Å². The van der Waals surface area contributed by atoms with Crippen molar-refractivity contribution in [3.63, 3.8) is 0 Å². The molecule has 0 fully saturated rings. The van der Waals surface area contributed by atoms with Gasteiger partial charge in [-0.15, -0.1) is 0 Å². The summed E-state index contributed by atoms with van der Waals surface area (Å²) in [6, 6.07) is 4.96. The fourth-order valence-corrected chi connectivity index (χ4v) is 1.55. The van der Waals surface area contributed by atoms with Crippen molar-refractivity contribution in [1.29, 1.82) is 0 Å². The van der Waals surface area contributed by atoms with E-state index in [4.69, 9.17) is 0 Å². The molecule has 0 amide bonds. The third-order valence-corrected chi connectivity index (χ3v) is 3.77. The van der Waals surface area contributed by atoms with Crippen molar-refractivity contribution >= 4 is 0 Å². The van der Waals surface area contributed by atoms with E-state index in [1.165, 1.54) is 6.07 Å². The average molecular weight is 237 g/mol. The van der Waals surface area contributed by atoms with Gasteiger partial charge in [0.05, 0.1) is 0 Å². The normalized spacial score (nSPS) is 12.2. The van der Waals surface area contributed by atoms with Gasteiger partial charge in [-0.2, -0.15) is 0 Å². The molecule has 0 spiro atoms. The molecular weight excluding hydrogens is 213 g/mol. The van der Waals surface area contributed by atoms with Gasteiger partial charge < -0.3 is 5.32 Å². The number of nitrogens with one attached hydrogen (secondary N) is 1. The number of hydrogen-bond donors (Lipinski definition) is 1. The van der Waals surface area contributed by atoms with Crippen LogP contribution in [0.1, 0.15) is 38.8 Å². The molecule has 0 heterocycles. The summed E-state index contributed by atoms with van der Waals surface area (Å²) in [5.74, 6) is 0.471. The Morgan fingerprint density at radius 2 is 1.94 bits per heavy atom. The Morgan fingerprint density at radius 1 is 1.29 bits per heavy atom. The first kappa shape index (κ1) is 14.2. The molecule has 0 saturated carbocycles. The molecule has 0 atom stereocenters. The summed E-state index contributed by atoms with van der Waals surface area (Å²) in [4.78, 5) is 0. The summed E-state index contributed by atoms with van der Waals surface area (Å²) < 4.78 is 13.1. The van der Waals surface area contributed by atoms with Gasteiger partial charge in [0.25, 0.3) is 0 Å². The fraction of sp³-hybridized carbons (Fsp3) is 0.600. The zero-order chi connectivity index (χ0) is 13.1. The molecule has 2 heteroatoms. The SMILES string of the molecule is Cc1ccc(F)cc1CNCC(C)(C)C(C)C. The van der Waals surface area contributed by atoms with Crippen LogP contribution in [0.2, 0.25) is 0 Å². The van der Waals surface area contributed by atoms with E-state index in [0.29, 0.717) is 5.92 Å². The summed E-state index contributed by atoms with van der Waals surface area (Å²) >= 11 is 0. The first-order valence-corrected chi connectivity index (χ1v) is 6.28. The van der Waals surface area contributed by atoms with Gasteiger partial charge in [0.1, 0.15) is 5.82 Å². The van der Waals surface area contributed by atoms with Crippen molar-refractivity contribution in [2.75, 3.05) is 6.54 Å². The lowest BCUT2D eigenvalue weighted by Crippen LogP contribution is -2.33. The van der Waals surface area contributed by atoms with Gasteiger partial charge in [-0.3, -0.25) is 0 Å². The Kier molecular flexibility index (Phi) is 4.70. The van der Waals surface area contributed by atoms with Gasteiger partial charge in [-0.1, -0.05) is 33.8 Å². The molecule has 17 heavy (non-hydrogen) atoms. The third-order valence-electron chi connectivity index (χ3n) is 3.77. The molecule has 1 aromatic rings. The molecule has 1 nitrogen and oxygen atoms in total. The molecular formula is C15H24FN. The quantitative estimate of drug-likeness (QED) is 0.819. The summed E-state index contributed by atoms with van der Waals surface area (Å²) in [5.41, 5.74) is 2.45. The second kappa shape index (κ2) is 5.63. The van der Waals surface area contributed by atoms with Gasteiger partial charge in [0.2, 0.25) is 0 Å². The molecule has 0 aliphatic rings. The molecule has 0 aromatic heterocycles. The Hall–Kier alpha value is -0.890. The Morgan fingerprint density at radius 3 is 2.53 bits per heavy atom. The predicted octanol–water partition coefficient (Wildman–Crippen LogP) is 3.91. The standard InChI is InChI=1S/C15H24FN/c1-11(2)15(4,5)10-17-9-13-8-14(16)7-6-12(13)3/h6-8,11,17H,9-10H2,1-5H3. The van der Waals surface area contributed by atoms with Crippen molar-refractivity contribution in [1.82, 2.24) is 5.32 Å². The van der Waals surface area contributed by atoms with Gasteiger partial charge in [0, 0.05) is 13.1 Å². The number of benzene rings is 1. The van der Waals surface area contributed by atoms with Crippen molar-refractivity contribution in [3.8, 4) is 0 Å². The summed E-state index contributed by atoms with van der Waals surface area (Å²) in [6.45, 7) is 12.7. The maximum absolute atomic E-state index is 13.1. The molecule has 0 saturated heterocycles. The topological polar surface area (TPSA) is 12.0 Å². The van der Waals surface area contributed by atoms with Gasteiger partial charge in [0.15, 0.2) is 0 Å². The van der Waals surface area contributed by atoms with E-state index >= 15 is 0 Å². The van der Waals surface area contributed by atoms with E-state index in [0.717, 1.165) is 24.2 Å². The molecule has 0 aliphatic carbocycles. The smallest absolute Gasteiger partial charge is 0.123 e. The van der Waals surface area contributed by atoms with Crippen LogP contribution in [0.25, 0.3) is 0 Å². The van der Waals surface area contributed by atoms with E-state index in [1.54, 1.807) is 6.07 Å². The number of halogens is 1. The average Bonchev–Trinajstić information content (AvgIpc) is 2.22. The molecule has 0 aliphatic heterocycles. The van der Waals surface area contributed by atoms with Crippen LogP contribution in [-0.2, 0) is 6.54 Å². The second-order valence-corrected chi connectivity index (χ2v) is 5.82. The molecule has 0 radical (unpaired) electrons. The Balaban J connectivity index is 2.54.